The number of thioether (sulfide) groups is 1. The van der Waals surface area contributed by atoms with Gasteiger partial charge in [0, 0.05) is 31.0 Å². The Morgan fingerprint density at radius 2 is 2.33 bits per heavy atom. The minimum absolute atomic E-state index is 0. The lowest BCUT2D eigenvalue weighted by molar-refractivity contribution is -0.384. The quantitative estimate of drug-likeness (QED) is 0.619. The molecule has 1 atom stereocenters. The van der Waals surface area contributed by atoms with Crippen LogP contribution in [0.25, 0.3) is 0 Å². The van der Waals surface area contributed by atoms with Crippen LogP contribution in [0.3, 0.4) is 0 Å². The van der Waals surface area contributed by atoms with Crippen LogP contribution in [-0.2, 0) is 0 Å². The molecule has 0 aliphatic carbocycles. The summed E-state index contributed by atoms with van der Waals surface area (Å²) >= 11 is 1.76. The smallest absolute Gasteiger partial charge is 0.269 e. The Bertz CT molecular complexity index is 509. The van der Waals surface area contributed by atoms with E-state index in [9.17, 15) is 10.1 Å². The predicted molar refractivity (Wildman–Crippen MR) is 74.6 cm³/mol. The van der Waals surface area contributed by atoms with Crippen LogP contribution in [0, 0.1) is 10.1 Å². The molecule has 0 N–H and O–H groups in total. The standard InChI is InChI=1S/C11H11N3O2S.ClH/c15-14(16)9-3-1-2-8(6-9)10-7-13-4-5-17-11(13)12-10;/h1-3,6,10H,4-5,7H2;1H. The SMILES string of the molecule is Cl.O=[N+]([O-])c1cccc(C2CN3CCSC3=N2)c1. The number of amidine groups is 1. The van der Waals surface area contributed by atoms with Crippen LogP contribution < -0.4 is 0 Å². The first-order valence-electron chi connectivity index (χ1n) is 5.44. The fraction of sp³-hybridized carbons (Fsp3) is 0.364. The largest absolute Gasteiger partial charge is 0.348 e. The number of non-ortho nitro benzene ring substituents is 1. The molecule has 1 saturated heterocycles. The molecule has 2 aliphatic heterocycles. The van der Waals surface area contributed by atoms with Gasteiger partial charge in [0.15, 0.2) is 5.17 Å². The summed E-state index contributed by atoms with van der Waals surface area (Å²) in [5, 5.41) is 11.8. The van der Waals surface area contributed by atoms with Gasteiger partial charge in [0.25, 0.3) is 5.69 Å². The molecule has 1 aromatic rings. The molecule has 1 fully saturated rings. The van der Waals surface area contributed by atoms with Crippen molar-refractivity contribution < 1.29 is 4.92 Å². The molecule has 3 rings (SSSR count). The second-order valence-corrected chi connectivity index (χ2v) is 5.14. The lowest BCUT2D eigenvalue weighted by Crippen LogP contribution is -2.21. The van der Waals surface area contributed by atoms with Crippen LogP contribution in [0.5, 0.6) is 0 Å². The maximum absolute atomic E-state index is 10.7. The van der Waals surface area contributed by atoms with Crippen LogP contribution in [0.2, 0.25) is 0 Å². The third-order valence-corrected chi connectivity index (χ3v) is 4.00. The van der Waals surface area contributed by atoms with Gasteiger partial charge in [-0.25, -0.2) is 0 Å². The highest BCUT2D eigenvalue weighted by molar-refractivity contribution is 8.14. The van der Waals surface area contributed by atoms with Crippen LogP contribution in [0.15, 0.2) is 29.3 Å². The van der Waals surface area contributed by atoms with Crippen LogP contribution in [-0.4, -0.2) is 33.8 Å². The average molecular weight is 286 g/mol. The van der Waals surface area contributed by atoms with Gasteiger partial charge in [-0.05, 0) is 5.56 Å². The molecule has 18 heavy (non-hydrogen) atoms. The molecule has 1 aromatic carbocycles. The maximum atomic E-state index is 10.7. The molecule has 2 aliphatic rings. The average Bonchev–Trinajstić information content (AvgIpc) is 2.89. The summed E-state index contributed by atoms with van der Waals surface area (Å²) in [6.07, 6.45) is 0. The first-order chi connectivity index (χ1) is 8.24. The van der Waals surface area contributed by atoms with Crippen molar-refractivity contribution in [1.82, 2.24) is 4.90 Å². The third-order valence-electron chi connectivity index (χ3n) is 2.99. The number of nitro benzene ring substituents is 1. The number of halogens is 1. The van der Waals surface area contributed by atoms with Crippen molar-refractivity contribution in [2.24, 2.45) is 4.99 Å². The Balaban J connectivity index is 0.00000120. The Hall–Kier alpha value is -1.27. The first-order valence-corrected chi connectivity index (χ1v) is 6.42. The zero-order valence-corrected chi connectivity index (χ0v) is 11.1. The zero-order chi connectivity index (χ0) is 11.8. The van der Waals surface area contributed by atoms with Crippen molar-refractivity contribution in [3.05, 3.63) is 39.9 Å². The maximum Gasteiger partial charge on any atom is 0.269 e. The van der Waals surface area contributed by atoms with Gasteiger partial charge in [-0.2, -0.15) is 0 Å². The van der Waals surface area contributed by atoms with E-state index < -0.39 is 0 Å². The van der Waals surface area contributed by atoms with E-state index in [0.717, 1.165) is 29.6 Å². The molecule has 0 amide bonds. The Morgan fingerprint density at radius 1 is 1.50 bits per heavy atom. The van der Waals surface area contributed by atoms with E-state index in [1.807, 2.05) is 6.07 Å². The number of benzene rings is 1. The fourth-order valence-corrected chi connectivity index (χ4v) is 3.18. The Morgan fingerprint density at radius 3 is 3.06 bits per heavy atom. The van der Waals surface area contributed by atoms with Crippen molar-refractivity contribution in [2.75, 3.05) is 18.8 Å². The molecule has 0 spiro atoms. The summed E-state index contributed by atoms with van der Waals surface area (Å²) < 4.78 is 0. The van der Waals surface area contributed by atoms with Gasteiger partial charge >= 0.3 is 0 Å². The Labute approximate surface area is 115 Å². The van der Waals surface area contributed by atoms with E-state index in [-0.39, 0.29) is 29.1 Å². The van der Waals surface area contributed by atoms with Gasteiger partial charge in [0.05, 0.1) is 11.0 Å². The summed E-state index contributed by atoms with van der Waals surface area (Å²) in [7, 11) is 0. The summed E-state index contributed by atoms with van der Waals surface area (Å²) in [5.74, 6) is 1.10. The molecule has 5 nitrogen and oxygen atoms in total. The molecule has 96 valence electrons. The van der Waals surface area contributed by atoms with Crippen LogP contribution in [0.4, 0.5) is 5.69 Å². The topological polar surface area (TPSA) is 58.7 Å². The number of aliphatic imine (C=N–C) groups is 1. The predicted octanol–water partition coefficient (Wildman–Crippen LogP) is 2.48. The van der Waals surface area contributed by atoms with Crippen LogP contribution in [0.1, 0.15) is 11.6 Å². The number of hydrogen-bond acceptors (Lipinski definition) is 5. The van der Waals surface area contributed by atoms with E-state index in [1.54, 1.807) is 23.9 Å². The lowest BCUT2D eigenvalue weighted by Gasteiger charge is -2.12. The van der Waals surface area contributed by atoms with Crippen molar-refractivity contribution >= 4 is 35.0 Å². The highest BCUT2D eigenvalue weighted by Crippen LogP contribution is 2.33. The van der Waals surface area contributed by atoms with Gasteiger partial charge in [-0.3, -0.25) is 15.1 Å². The molecule has 1 unspecified atom stereocenters. The summed E-state index contributed by atoms with van der Waals surface area (Å²) in [5.41, 5.74) is 1.07. The molecule has 0 aromatic heterocycles. The number of rotatable bonds is 2. The monoisotopic (exact) mass is 285 g/mol. The van der Waals surface area contributed by atoms with Crippen molar-refractivity contribution in [3.8, 4) is 0 Å². The molecule has 0 radical (unpaired) electrons. The normalized spacial score (nSPS) is 21.2. The van der Waals surface area contributed by atoms with Crippen molar-refractivity contribution in [2.45, 2.75) is 6.04 Å². The third kappa shape index (κ3) is 2.30. The van der Waals surface area contributed by atoms with E-state index >= 15 is 0 Å². The molecule has 0 bridgehead atoms. The molecule has 2 heterocycles. The minimum Gasteiger partial charge on any atom is -0.348 e. The van der Waals surface area contributed by atoms with E-state index in [1.165, 1.54) is 6.07 Å². The summed E-state index contributed by atoms with van der Waals surface area (Å²) in [4.78, 5) is 17.2. The van der Waals surface area contributed by atoms with Gasteiger partial charge in [0.2, 0.25) is 0 Å². The fourth-order valence-electron chi connectivity index (χ4n) is 2.13. The van der Waals surface area contributed by atoms with Gasteiger partial charge < -0.3 is 4.90 Å². The second-order valence-electron chi connectivity index (χ2n) is 4.07. The molecular formula is C11H12ClN3O2S. The summed E-state index contributed by atoms with van der Waals surface area (Å²) in [6, 6.07) is 6.83. The van der Waals surface area contributed by atoms with Gasteiger partial charge in [-0.1, -0.05) is 23.9 Å². The van der Waals surface area contributed by atoms with Crippen molar-refractivity contribution in [3.63, 3.8) is 0 Å². The van der Waals surface area contributed by atoms with E-state index in [2.05, 4.69) is 9.89 Å². The number of fused-ring (bicyclic) bond motifs is 1. The van der Waals surface area contributed by atoms with Gasteiger partial charge in [0.1, 0.15) is 0 Å². The number of nitrogens with zero attached hydrogens (tertiary/aromatic N) is 3. The van der Waals surface area contributed by atoms with Crippen LogP contribution >= 0.6 is 24.2 Å². The second kappa shape index (κ2) is 5.16. The van der Waals surface area contributed by atoms with Gasteiger partial charge in [-0.15, -0.1) is 12.4 Å². The van der Waals surface area contributed by atoms with Crippen molar-refractivity contribution in [1.29, 1.82) is 0 Å². The highest BCUT2D eigenvalue weighted by Gasteiger charge is 2.30. The number of nitro groups is 1. The zero-order valence-electron chi connectivity index (χ0n) is 9.48. The Kier molecular flexibility index (Phi) is 3.77. The van der Waals surface area contributed by atoms with E-state index in [4.69, 9.17) is 0 Å². The number of hydrogen-bond donors (Lipinski definition) is 0. The highest BCUT2D eigenvalue weighted by atomic mass is 35.5. The lowest BCUT2D eigenvalue weighted by atomic mass is 10.1. The summed E-state index contributed by atoms with van der Waals surface area (Å²) in [6.45, 7) is 1.89. The molecule has 0 saturated carbocycles. The minimum atomic E-state index is -0.360. The molecular weight excluding hydrogens is 274 g/mol. The van der Waals surface area contributed by atoms with E-state index in [0.29, 0.717) is 0 Å². The molecule has 7 heteroatoms. The first kappa shape index (κ1) is 13.2.